The van der Waals surface area contributed by atoms with Crippen molar-refractivity contribution in [1.29, 1.82) is 0 Å². The van der Waals surface area contributed by atoms with E-state index in [1.165, 1.54) is 36.3 Å². The number of esters is 2. The van der Waals surface area contributed by atoms with Crippen molar-refractivity contribution in [3.63, 3.8) is 0 Å². The molecule has 0 spiro atoms. The SMILES string of the molecule is CCC(=S)C(C)(C(=O)OC)C1CC(=O)N1C(C(=O)OCc1ccc([N+](=O)[O-])cc1)=P(c1ccccc1)(c1ccccc1)c1ccccc1. The Balaban J connectivity index is 1.86. The number of β-lactam (4-membered cyclic amide) rings is 1. The Morgan fingerprint density at radius 1 is 0.896 bits per heavy atom. The average molecular weight is 683 g/mol. The number of nitro groups is 1. The van der Waals surface area contributed by atoms with Crippen LogP contribution in [0.25, 0.3) is 0 Å². The van der Waals surface area contributed by atoms with Crippen LogP contribution in [0.3, 0.4) is 0 Å². The van der Waals surface area contributed by atoms with Crippen molar-refractivity contribution in [3.05, 3.63) is 131 Å². The van der Waals surface area contributed by atoms with Crippen LogP contribution in [0.2, 0.25) is 0 Å². The van der Waals surface area contributed by atoms with Gasteiger partial charge in [0.2, 0.25) is 5.91 Å². The summed E-state index contributed by atoms with van der Waals surface area (Å²) in [4.78, 5) is 55.0. The van der Waals surface area contributed by atoms with E-state index in [0.717, 1.165) is 15.9 Å². The predicted molar refractivity (Wildman–Crippen MR) is 191 cm³/mol. The minimum atomic E-state index is -3.24. The number of carbonyl (C=O) groups excluding carboxylic acids is 3. The Morgan fingerprint density at radius 3 is 1.77 bits per heavy atom. The second kappa shape index (κ2) is 14.5. The molecule has 0 radical (unpaired) electrons. The minimum absolute atomic E-state index is 0.0385. The number of nitrogens with zero attached hydrogens (tertiary/aromatic N) is 2. The minimum Gasteiger partial charge on any atom is -0.468 e. The van der Waals surface area contributed by atoms with Crippen molar-refractivity contribution in [1.82, 2.24) is 4.90 Å². The van der Waals surface area contributed by atoms with E-state index < -0.39 is 35.2 Å². The maximum absolute atomic E-state index is 14.9. The Kier molecular flexibility index (Phi) is 10.4. The summed E-state index contributed by atoms with van der Waals surface area (Å²) in [5.74, 6) is -1.71. The van der Waals surface area contributed by atoms with E-state index >= 15 is 0 Å². The van der Waals surface area contributed by atoms with Crippen molar-refractivity contribution in [2.24, 2.45) is 5.41 Å². The van der Waals surface area contributed by atoms with Crippen molar-refractivity contribution < 1.29 is 28.8 Å². The van der Waals surface area contributed by atoms with Gasteiger partial charge in [0.05, 0.1) is 18.1 Å². The molecule has 246 valence electrons. The monoisotopic (exact) mass is 682 g/mol. The van der Waals surface area contributed by atoms with Gasteiger partial charge in [0, 0.05) is 30.3 Å². The number of hydrogen-bond donors (Lipinski definition) is 0. The van der Waals surface area contributed by atoms with Crippen molar-refractivity contribution in [3.8, 4) is 0 Å². The third-order valence-electron chi connectivity index (χ3n) is 8.80. The second-order valence-electron chi connectivity index (χ2n) is 11.5. The first-order valence-corrected chi connectivity index (χ1v) is 17.6. The molecule has 2 unspecified atom stereocenters. The molecule has 1 heterocycles. The summed E-state index contributed by atoms with van der Waals surface area (Å²) in [6.07, 6.45) is 0.332. The number of nitro benzene ring substituents is 1. The molecule has 0 aromatic heterocycles. The number of ether oxygens (including phenoxy) is 2. The molecule has 0 saturated carbocycles. The zero-order valence-corrected chi connectivity index (χ0v) is 28.5. The van der Waals surface area contributed by atoms with E-state index in [-0.39, 0.29) is 30.0 Å². The van der Waals surface area contributed by atoms with Crippen LogP contribution < -0.4 is 15.9 Å². The summed E-state index contributed by atoms with van der Waals surface area (Å²) < 4.78 is 11.3. The zero-order valence-electron chi connectivity index (χ0n) is 26.8. The highest BCUT2D eigenvalue weighted by molar-refractivity contribution is 7.96. The van der Waals surface area contributed by atoms with Gasteiger partial charge in [-0.3, -0.25) is 19.7 Å². The molecule has 2 atom stereocenters. The first kappa shape index (κ1) is 34.4. The lowest BCUT2D eigenvalue weighted by Crippen LogP contribution is -2.68. The topological polar surface area (TPSA) is 116 Å². The van der Waals surface area contributed by atoms with Crippen molar-refractivity contribution in [2.45, 2.75) is 39.3 Å². The maximum Gasteiger partial charge on any atom is 0.356 e. The van der Waals surface area contributed by atoms with Crippen LogP contribution in [0.5, 0.6) is 0 Å². The molecule has 4 aromatic carbocycles. The Hall–Kier alpha value is -4.92. The van der Waals surface area contributed by atoms with Gasteiger partial charge in [-0.1, -0.05) is 110 Å². The number of hydrogen-bond acceptors (Lipinski definition) is 8. The normalized spacial score (nSPS) is 15.4. The standard InChI is InChI=1S/C37H35N2O7PS/c1-4-32(48)37(2,36(42)45-3)31-24-33(40)38(31)34(35(41)46-25-26-20-22-27(23-21-26)39(43)44)47(28-14-8-5-9-15-28,29-16-10-6-11-17-29)30-18-12-7-13-19-30/h5-23,31H,4,24-25H2,1-3H3. The summed E-state index contributed by atoms with van der Waals surface area (Å²) >= 11 is 5.77. The van der Waals surface area contributed by atoms with E-state index in [0.29, 0.717) is 16.8 Å². The number of thiocarbonyl (C=S) groups is 1. The average Bonchev–Trinajstić information content (AvgIpc) is 3.13. The molecule has 48 heavy (non-hydrogen) atoms. The number of rotatable bonds is 12. The highest BCUT2D eigenvalue weighted by atomic mass is 32.1. The third kappa shape index (κ3) is 6.09. The van der Waals surface area contributed by atoms with Gasteiger partial charge >= 0.3 is 11.9 Å². The molecular weight excluding hydrogens is 647 g/mol. The van der Waals surface area contributed by atoms with Gasteiger partial charge in [-0.2, -0.15) is 0 Å². The number of non-ortho nitro benzene ring substituents is 1. The first-order chi connectivity index (χ1) is 23.1. The lowest BCUT2D eigenvalue weighted by atomic mass is 9.72. The Labute approximate surface area is 284 Å². The van der Waals surface area contributed by atoms with E-state index in [2.05, 4.69) is 0 Å². The highest BCUT2D eigenvalue weighted by Crippen LogP contribution is 2.50. The molecule has 1 fully saturated rings. The summed E-state index contributed by atoms with van der Waals surface area (Å²) in [5.41, 5.74) is -0.878. The number of amides is 1. The largest absolute Gasteiger partial charge is 0.468 e. The molecule has 0 aliphatic carbocycles. The quantitative estimate of drug-likeness (QED) is 0.0493. The van der Waals surface area contributed by atoms with E-state index in [9.17, 15) is 24.5 Å². The van der Waals surface area contributed by atoms with Crippen LogP contribution in [0.15, 0.2) is 115 Å². The smallest absolute Gasteiger partial charge is 0.356 e. The molecule has 0 bridgehead atoms. The number of methoxy groups -OCH3 is 1. The van der Waals surface area contributed by atoms with Crippen molar-refractivity contribution >= 4 is 68.8 Å². The van der Waals surface area contributed by atoms with Gasteiger partial charge in [-0.05, 0) is 47.0 Å². The number of benzene rings is 4. The molecule has 4 aromatic rings. The summed E-state index contributed by atoms with van der Waals surface area (Å²) in [5, 5.41) is 13.6. The predicted octanol–water partition coefficient (Wildman–Crippen LogP) is 5.32. The van der Waals surface area contributed by atoms with Gasteiger partial charge < -0.3 is 14.4 Å². The van der Waals surface area contributed by atoms with E-state index in [1.807, 2.05) is 97.9 Å². The number of carbonyl (C=O) groups is 3. The molecule has 1 amide bonds. The molecule has 11 heteroatoms. The maximum atomic E-state index is 14.9. The summed E-state index contributed by atoms with van der Waals surface area (Å²) in [7, 11) is 1.28. The summed E-state index contributed by atoms with van der Waals surface area (Å²) in [6, 6.07) is 33.5. The zero-order chi connectivity index (χ0) is 34.5. The van der Waals surface area contributed by atoms with Crippen molar-refractivity contribution in [2.75, 3.05) is 7.11 Å². The highest BCUT2D eigenvalue weighted by Gasteiger charge is 2.58. The van der Waals surface area contributed by atoms with Gasteiger partial charge in [-0.25, -0.2) is 4.79 Å². The van der Waals surface area contributed by atoms with E-state index in [1.54, 1.807) is 6.92 Å². The van der Waals surface area contributed by atoms with Crippen LogP contribution in [-0.2, 0) is 30.5 Å². The van der Waals surface area contributed by atoms with Crippen LogP contribution in [0.1, 0.15) is 32.3 Å². The van der Waals surface area contributed by atoms with E-state index in [4.69, 9.17) is 21.7 Å². The van der Waals surface area contributed by atoms with Crippen LogP contribution in [0.4, 0.5) is 5.69 Å². The van der Waals surface area contributed by atoms with Gasteiger partial charge in [0.25, 0.3) is 5.69 Å². The molecule has 5 rings (SSSR count). The fourth-order valence-electron chi connectivity index (χ4n) is 6.25. The van der Waals surface area contributed by atoms with Gasteiger partial charge in [0.1, 0.15) is 17.4 Å². The van der Waals surface area contributed by atoms with Crippen LogP contribution in [0, 0.1) is 15.5 Å². The van der Waals surface area contributed by atoms with Crippen LogP contribution in [-0.4, -0.2) is 51.1 Å². The second-order valence-corrected chi connectivity index (χ2v) is 15.3. The van der Waals surface area contributed by atoms with Gasteiger partial charge in [0.15, 0.2) is 0 Å². The number of likely N-dealkylation sites (tertiary alicyclic amines) is 1. The van der Waals surface area contributed by atoms with Crippen LogP contribution >= 0.6 is 19.1 Å². The fourth-order valence-corrected chi connectivity index (χ4v) is 10.9. The summed E-state index contributed by atoms with van der Waals surface area (Å²) in [6.45, 7) is 0.0514. The molecule has 1 saturated heterocycles. The molecular formula is C37H35N2O7PS. The molecule has 1 aliphatic heterocycles. The fraction of sp³-hybridized carbons (Fsp3) is 0.216. The van der Waals surface area contributed by atoms with Gasteiger partial charge in [-0.15, -0.1) is 0 Å². The Bertz CT molecular complexity index is 1780. The Morgan fingerprint density at radius 2 is 1.38 bits per heavy atom. The molecule has 0 N–H and O–H groups in total. The first-order valence-electron chi connectivity index (χ1n) is 15.4. The lowest BCUT2D eigenvalue weighted by Gasteiger charge is -2.51. The molecule has 9 nitrogen and oxygen atoms in total. The molecule has 1 aliphatic rings. The third-order valence-corrected chi connectivity index (χ3v) is 13.8. The lowest BCUT2D eigenvalue weighted by molar-refractivity contribution is -0.384.